The maximum atomic E-state index is 12.8. The topological polar surface area (TPSA) is 149 Å². The van der Waals surface area contributed by atoms with Crippen molar-refractivity contribution in [3.8, 4) is 0 Å². The summed E-state index contributed by atoms with van der Waals surface area (Å²) in [4.78, 5) is 21.2. The van der Waals surface area contributed by atoms with E-state index in [9.17, 15) is 18.8 Å². The van der Waals surface area contributed by atoms with Crippen molar-refractivity contribution in [1.82, 2.24) is 0 Å². The zero-order chi connectivity index (χ0) is 23.6. The molecule has 0 aromatic rings. The van der Waals surface area contributed by atoms with Crippen LogP contribution in [0.3, 0.4) is 0 Å². The van der Waals surface area contributed by atoms with Gasteiger partial charge in [-0.15, -0.1) is 0 Å². The molecule has 0 fully saturated rings. The molecule has 0 aliphatic rings. The van der Waals surface area contributed by atoms with Crippen LogP contribution in [-0.4, -0.2) is 47.0 Å². The molecule has 10 nitrogen and oxygen atoms in total. The third-order valence-corrected chi connectivity index (χ3v) is 7.38. The third-order valence-electron chi connectivity index (χ3n) is 4.35. The van der Waals surface area contributed by atoms with Crippen LogP contribution in [0.2, 0.25) is 0 Å². The smallest absolute Gasteiger partial charge is 0.393 e. The van der Waals surface area contributed by atoms with Crippen molar-refractivity contribution < 1.29 is 46.9 Å². The van der Waals surface area contributed by atoms with E-state index in [2.05, 4.69) is 22.7 Å². The van der Waals surface area contributed by atoms with Crippen molar-refractivity contribution in [2.24, 2.45) is 0 Å². The van der Waals surface area contributed by atoms with Gasteiger partial charge < -0.3 is 14.7 Å². The summed E-state index contributed by atoms with van der Waals surface area (Å²) >= 11 is 0. The van der Waals surface area contributed by atoms with Gasteiger partial charge in [0.1, 0.15) is 0 Å². The van der Waals surface area contributed by atoms with Crippen LogP contribution in [0.25, 0.3) is 0 Å². The molecule has 0 aromatic heterocycles. The van der Waals surface area contributed by atoms with Crippen LogP contribution in [0.1, 0.15) is 90.9 Å². The number of carbonyl (C=O) groups is 1. The van der Waals surface area contributed by atoms with E-state index in [1.807, 2.05) is 0 Å². The minimum absolute atomic E-state index is 0.0207. The Labute approximate surface area is 185 Å². The second-order valence-corrected chi connectivity index (χ2v) is 10.5. The SMILES string of the molecule is CCCCCCCCOP(=O)(OCCCCCCCC)OP(=O)(O)OC(=O)C(O)CO. The van der Waals surface area contributed by atoms with Crippen LogP contribution in [0, 0.1) is 0 Å². The van der Waals surface area contributed by atoms with Gasteiger partial charge in [-0.3, -0.25) is 13.9 Å². The number of carbonyl (C=O) groups excluding carboxylic acids is 1. The predicted octanol–water partition coefficient (Wildman–Crippen LogP) is 4.86. The first kappa shape index (κ1) is 30.7. The van der Waals surface area contributed by atoms with Gasteiger partial charge in [0, 0.05) is 0 Å². The number of hydrogen-bond donors (Lipinski definition) is 3. The number of phosphoric acid groups is 2. The molecule has 0 radical (unpaired) electrons. The lowest BCUT2D eigenvalue weighted by atomic mass is 10.1. The highest BCUT2D eigenvalue weighted by Crippen LogP contribution is 2.63. The fourth-order valence-electron chi connectivity index (χ4n) is 2.59. The van der Waals surface area contributed by atoms with Gasteiger partial charge in [-0.05, 0) is 12.8 Å². The van der Waals surface area contributed by atoms with Crippen molar-refractivity contribution >= 4 is 21.6 Å². The minimum atomic E-state index is -5.21. The summed E-state index contributed by atoms with van der Waals surface area (Å²) in [7, 11) is -9.70. The monoisotopic (exact) mass is 490 g/mol. The van der Waals surface area contributed by atoms with Gasteiger partial charge in [-0.1, -0.05) is 78.1 Å². The molecular formula is C19H40O10P2. The maximum absolute atomic E-state index is 12.8. The summed E-state index contributed by atoms with van der Waals surface area (Å²) in [5, 5.41) is 17.9. The molecule has 186 valence electrons. The summed E-state index contributed by atoms with van der Waals surface area (Å²) in [6.45, 7) is 3.16. The minimum Gasteiger partial charge on any atom is -0.393 e. The molecule has 0 heterocycles. The highest BCUT2D eigenvalue weighted by Gasteiger charge is 2.41. The average molecular weight is 490 g/mol. The van der Waals surface area contributed by atoms with E-state index in [0.29, 0.717) is 12.8 Å². The van der Waals surface area contributed by atoms with Gasteiger partial charge in [0.25, 0.3) is 0 Å². The molecular weight excluding hydrogens is 450 g/mol. The largest absolute Gasteiger partial charge is 0.538 e. The molecule has 2 unspecified atom stereocenters. The lowest BCUT2D eigenvalue weighted by Gasteiger charge is -2.20. The van der Waals surface area contributed by atoms with E-state index in [1.54, 1.807) is 0 Å². The van der Waals surface area contributed by atoms with Gasteiger partial charge in [0.2, 0.25) is 0 Å². The Morgan fingerprint density at radius 1 is 0.806 bits per heavy atom. The molecule has 0 aliphatic heterocycles. The second kappa shape index (κ2) is 18.2. The van der Waals surface area contributed by atoms with Gasteiger partial charge in [-0.25, -0.2) is 13.9 Å². The number of rotatable bonds is 21. The first-order valence-electron chi connectivity index (χ1n) is 11.1. The Morgan fingerprint density at radius 3 is 1.65 bits per heavy atom. The van der Waals surface area contributed by atoms with Crippen LogP contribution in [0.5, 0.6) is 0 Å². The number of phosphoric ester groups is 2. The average Bonchev–Trinajstić information content (AvgIpc) is 2.71. The fraction of sp³-hybridized carbons (Fsp3) is 0.947. The van der Waals surface area contributed by atoms with Crippen LogP contribution in [0.4, 0.5) is 0 Å². The number of aliphatic hydroxyl groups is 2. The van der Waals surface area contributed by atoms with E-state index in [1.165, 1.54) is 0 Å². The Balaban J connectivity index is 4.70. The zero-order valence-corrected chi connectivity index (χ0v) is 20.6. The maximum Gasteiger partial charge on any atom is 0.538 e. The summed E-state index contributed by atoms with van der Waals surface area (Å²) in [6, 6.07) is 0. The Morgan fingerprint density at radius 2 is 1.23 bits per heavy atom. The standard InChI is InChI=1S/C19H40O10P2/c1-3-5-7-9-11-13-15-26-31(25,27-16-14-12-10-8-6-4-2)29-30(23,24)28-19(22)18(21)17-20/h18,20-21H,3-17H2,1-2H3,(H,23,24). The Hall–Kier alpha value is -0.310. The van der Waals surface area contributed by atoms with Gasteiger partial charge in [-0.2, -0.15) is 4.31 Å². The van der Waals surface area contributed by atoms with Crippen LogP contribution >= 0.6 is 15.6 Å². The number of aliphatic hydroxyl groups excluding tert-OH is 2. The van der Waals surface area contributed by atoms with E-state index in [4.69, 9.17) is 19.3 Å². The lowest BCUT2D eigenvalue weighted by Crippen LogP contribution is -2.25. The summed E-state index contributed by atoms with van der Waals surface area (Å²) in [5.74, 6) is -1.59. The van der Waals surface area contributed by atoms with Crippen LogP contribution in [-0.2, 0) is 31.8 Å². The zero-order valence-electron chi connectivity index (χ0n) is 18.8. The quantitative estimate of drug-likeness (QED) is 0.150. The van der Waals surface area contributed by atoms with Crippen LogP contribution in [0.15, 0.2) is 0 Å². The molecule has 0 spiro atoms. The molecule has 12 heteroatoms. The second-order valence-electron chi connectivity index (χ2n) is 7.31. The predicted molar refractivity (Wildman–Crippen MR) is 116 cm³/mol. The molecule has 0 rings (SSSR count). The fourth-order valence-corrected chi connectivity index (χ4v) is 5.24. The number of hydrogen-bond acceptors (Lipinski definition) is 9. The van der Waals surface area contributed by atoms with Crippen molar-refractivity contribution in [2.45, 2.75) is 97.0 Å². The third kappa shape index (κ3) is 16.9. The van der Waals surface area contributed by atoms with Gasteiger partial charge in [0.05, 0.1) is 19.8 Å². The molecule has 0 saturated heterocycles. The molecule has 0 bridgehead atoms. The molecule has 0 aliphatic carbocycles. The van der Waals surface area contributed by atoms with E-state index < -0.39 is 34.3 Å². The highest BCUT2D eigenvalue weighted by atomic mass is 31.3. The summed E-state index contributed by atoms with van der Waals surface area (Å²) in [6.07, 6.45) is 9.32. The molecule has 0 aromatic carbocycles. The van der Waals surface area contributed by atoms with Gasteiger partial charge in [0.15, 0.2) is 6.10 Å². The number of unbranched alkanes of at least 4 members (excludes halogenated alkanes) is 10. The van der Waals surface area contributed by atoms with Crippen molar-refractivity contribution in [3.63, 3.8) is 0 Å². The lowest BCUT2D eigenvalue weighted by molar-refractivity contribution is -0.146. The first-order valence-corrected chi connectivity index (χ1v) is 14.1. The summed E-state index contributed by atoms with van der Waals surface area (Å²) in [5.41, 5.74) is 0. The first-order chi connectivity index (χ1) is 14.7. The van der Waals surface area contributed by atoms with Crippen LogP contribution < -0.4 is 0 Å². The normalized spacial score (nSPS) is 14.9. The van der Waals surface area contributed by atoms with Crippen molar-refractivity contribution in [1.29, 1.82) is 0 Å². The Kier molecular flexibility index (Phi) is 18.0. The van der Waals surface area contributed by atoms with E-state index >= 15 is 0 Å². The van der Waals surface area contributed by atoms with Crippen molar-refractivity contribution in [3.05, 3.63) is 0 Å². The molecule has 31 heavy (non-hydrogen) atoms. The Bertz CT molecular complexity index is 536. The summed E-state index contributed by atoms with van der Waals surface area (Å²) < 4.78 is 43.9. The van der Waals surface area contributed by atoms with Gasteiger partial charge >= 0.3 is 21.6 Å². The molecule has 0 amide bonds. The van der Waals surface area contributed by atoms with E-state index in [-0.39, 0.29) is 13.2 Å². The van der Waals surface area contributed by atoms with E-state index in [0.717, 1.165) is 64.2 Å². The molecule has 2 atom stereocenters. The molecule has 3 N–H and O–H groups in total. The molecule has 0 saturated carbocycles. The highest BCUT2D eigenvalue weighted by molar-refractivity contribution is 7.62. The van der Waals surface area contributed by atoms with Crippen molar-refractivity contribution in [2.75, 3.05) is 19.8 Å².